The fraction of sp³-hybridized carbons (Fsp3) is 0.364. The highest BCUT2D eigenvalue weighted by atomic mass is 32.1. The SMILES string of the molecule is Cn1nc(-c2ccccc2)cc1C(=O)N1CCc2nc(NC(=O)C3CCC3)sc2C1. The van der Waals surface area contributed by atoms with Crippen molar-refractivity contribution in [2.75, 3.05) is 11.9 Å². The van der Waals surface area contributed by atoms with Crippen LogP contribution in [0.5, 0.6) is 0 Å². The minimum Gasteiger partial charge on any atom is -0.332 e. The van der Waals surface area contributed by atoms with Crippen LogP contribution in [0.1, 0.15) is 40.3 Å². The number of nitrogens with zero attached hydrogens (tertiary/aromatic N) is 4. The molecular formula is C22H23N5O2S. The summed E-state index contributed by atoms with van der Waals surface area (Å²) in [6.07, 6.45) is 3.76. The van der Waals surface area contributed by atoms with E-state index in [-0.39, 0.29) is 17.7 Å². The highest BCUT2D eigenvalue weighted by molar-refractivity contribution is 7.15. The Balaban J connectivity index is 1.30. The molecule has 1 aromatic carbocycles. The highest BCUT2D eigenvalue weighted by Gasteiger charge is 2.29. The van der Waals surface area contributed by atoms with Gasteiger partial charge in [0.2, 0.25) is 5.91 Å². The molecule has 8 heteroatoms. The maximum Gasteiger partial charge on any atom is 0.272 e. The number of anilines is 1. The number of carbonyl (C=O) groups excluding carboxylic acids is 2. The summed E-state index contributed by atoms with van der Waals surface area (Å²) in [6, 6.07) is 11.7. The first kappa shape index (κ1) is 19.0. The van der Waals surface area contributed by atoms with Crippen LogP contribution in [-0.2, 0) is 24.8 Å². The fourth-order valence-electron chi connectivity index (χ4n) is 3.88. The van der Waals surface area contributed by atoms with E-state index in [9.17, 15) is 9.59 Å². The van der Waals surface area contributed by atoms with Gasteiger partial charge in [0.15, 0.2) is 5.13 Å². The third kappa shape index (κ3) is 3.52. The second-order valence-corrected chi connectivity index (χ2v) is 8.97. The van der Waals surface area contributed by atoms with Gasteiger partial charge < -0.3 is 10.2 Å². The summed E-state index contributed by atoms with van der Waals surface area (Å²) in [4.78, 5) is 32.9. The van der Waals surface area contributed by atoms with Gasteiger partial charge in [0, 0.05) is 36.4 Å². The maximum atomic E-state index is 13.2. The smallest absolute Gasteiger partial charge is 0.272 e. The fourth-order valence-corrected chi connectivity index (χ4v) is 4.91. The van der Waals surface area contributed by atoms with Crippen LogP contribution in [0.25, 0.3) is 11.3 Å². The number of nitrogens with one attached hydrogen (secondary N) is 1. The van der Waals surface area contributed by atoms with Crippen LogP contribution in [0.15, 0.2) is 36.4 Å². The largest absolute Gasteiger partial charge is 0.332 e. The van der Waals surface area contributed by atoms with Crippen molar-refractivity contribution < 1.29 is 9.59 Å². The zero-order valence-electron chi connectivity index (χ0n) is 16.8. The van der Waals surface area contributed by atoms with E-state index in [2.05, 4.69) is 15.4 Å². The molecule has 1 fully saturated rings. The first-order valence-electron chi connectivity index (χ1n) is 10.3. The van der Waals surface area contributed by atoms with Crippen molar-refractivity contribution in [1.82, 2.24) is 19.7 Å². The molecule has 0 radical (unpaired) electrons. The molecule has 7 nitrogen and oxygen atoms in total. The van der Waals surface area contributed by atoms with Crippen LogP contribution >= 0.6 is 11.3 Å². The topological polar surface area (TPSA) is 80.1 Å². The second-order valence-electron chi connectivity index (χ2n) is 7.89. The molecule has 1 aliphatic carbocycles. The van der Waals surface area contributed by atoms with Crippen molar-refractivity contribution in [2.24, 2.45) is 13.0 Å². The molecule has 2 aliphatic rings. The molecule has 0 unspecified atom stereocenters. The molecule has 30 heavy (non-hydrogen) atoms. The van der Waals surface area contributed by atoms with Gasteiger partial charge >= 0.3 is 0 Å². The summed E-state index contributed by atoms with van der Waals surface area (Å²) < 4.78 is 1.65. The number of benzene rings is 1. The molecule has 0 atom stereocenters. The zero-order valence-corrected chi connectivity index (χ0v) is 17.6. The van der Waals surface area contributed by atoms with E-state index in [0.717, 1.165) is 41.1 Å². The average Bonchev–Trinajstić information content (AvgIpc) is 3.28. The van der Waals surface area contributed by atoms with E-state index >= 15 is 0 Å². The van der Waals surface area contributed by atoms with Crippen molar-refractivity contribution in [2.45, 2.75) is 32.2 Å². The Hall–Kier alpha value is -3.00. The van der Waals surface area contributed by atoms with Crippen molar-refractivity contribution in [3.8, 4) is 11.3 Å². The van der Waals surface area contributed by atoms with Gasteiger partial charge in [-0.1, -0.05) is 48.1 Å². The Bertz CT molecular complexity index is 1100. The summed E-state index contributed by atoms with van der Waals surface area (Å²) in [5.41, 5.74) is 3.34. The summed E-state index contributed by atoms with van der Waals surface area (Å²) >= 11 is 1.48. The molecule has 0 bridgehead atoms. The van der Waals surface area contributed by atoms with Crippen molar-refractivity contribution in [3.63, 3.8) is 0 Å². The molecule has 0 spiro atoms. The Morgan fingerprint density at radius 3 is 2.73 bits per heavy atom. The van der Waals surface area contributed by atoms with Crippen LogP contribution in [0.4, 0.5) is 5.13 Å². The Labute approximate surface area is 178 Å². The predicted octanol–water partition coefficient (Wildman–Crippen LogP) is 3.48. The van der Waals surface area contributed by atoms with Gasteiger partial charge in [0.25, 0.3) is 5.91 Å². The standard InChI is InChI=1S/C22H23N5O2S/c1-26-18(12-17(25-26)14-6-3-2-4-7-14)21(29)27-11-10-16-19(13-27)30-22(23-16)24-20(28)15-8-5-9-15/h2-4,6-7,12,15H,5,8-11,13H2,1H3,(H,23,24,28). The third-order valence-corrected chi connectivity index (χ3v) is 6.89. The molecule has 1 saturated carbocycles. The number of hydrogen-bond donors (Lipinski definition) is 1. The van der Waals surface area contributed by atoms with E-state index in [1.807, 2.05) is 41.3 Å². The van der Waals surface area contributed by atoms with Gasteiger partial charge in [-0.15, -0.1) is 0 Å². The number of rotatable bonds is 4. The minimum absolute atomic E-state index is 0.0358. The number of aromatic nitrogens is 3. The molecule has 3 aromatic rings. The lowest BCUT2D eigenvalue weighted by Gasteiger charge is -2.25. The van der Waals surface area contributed by atoms with Gasteiger partial charge in [-0.05, 0) is 18.9 Å². The number of aryl methyl sites for hydroxylation is 1. The van der Waals surface area contributed by atoms with Gasteiger partial charge in [0.1, 0.15) is 5.69 Å². The third-order valence-electron chi connectivity index (χ3n) is 5.89. The van der Waals surface area contributed by atoms with Crippen LogP contribution in [0.3, 0.4) is 0 Å². The summed E-state index contributed by atoms with van der Waals surface area (Å²) in [7, 11) is 1.80. The molecule has 2 aromatic heterocycles. The average molecular weight is 422 g/mol. The van der Waals surface area contributed by atoms with Crippen molar-refractivity contribution in [3.05, 3.63) is 52.7 Å². The Morgan fingerprint density at radius 2 is 2.00 bits per heavy atom. The molecule has 1 aliphatic heterocycles. The van der Waals surface area contributed by atoms with E-state index in [4.69, 9.17) is 0 Å². The zero-order chi connectivity index (χ0) is 20.7. The highest BCUT2D eigenvalue weighted by Crippen LogP contribution is 2.32. The van der Waals surface area contributed by atoms with Gasteiger partial charge in [-0.3, -0.25) is 14.3 Å². The molecular weight excluding hydrogens is 398 g/mol. The number of carbonyl (C=O) groups is 2. The number of hydrogen-bond acceptors (Lipinski definition) is 5. The van der Waals surface area contributed by atoms with Crippen LogP contribution in [-0.4, -0.2) is 38.0 Å². The van der Waals surface area contributed by atoms with Crippen molar-refractivity contribution in [1.29, 1.82) is 0 Å². The molecule has 5 rings (SSSR count). The molecule has 154 valence electrons. The summed E-state index contributed by atoms with van der Waals surface area (Å²) in [5, 5.41) is 8.13. The Kier molecular flexibility index (Phi) is 4.86. The van der Waals surface area contributed by atoms with Crippen LogP contribution in [0, 0.1) is 5.92 Å². The monoisotopic (exact) mass is 421 g/mol. The Morgan fingerprint density at radius 1 is 1.20 bits per heavy atom. The summed E-state index contributed by atoms with van der Waals surface area (Å²) in [6.45, 7) is 1.12. The lowest BCUT2D eigenvalue weighted by molar-refractivity contribution is -0.122. The number of thiazole rings is 1. The quantitative estimate of drug-likeness (QED) is 0.699. The normalized spacial score (nSPS) is 16.1. The predicted molar refractivity (Wildman–Crippen MR) is 115 cm³/mol. The lowest BCUT2D eigenvalue weighted by Crippen LogP contribution is -2.36. The second kappa shape index (κ2) is 7.68. The van der Waals surface area contributed by atoms with E-state index in [1.54, 1.807) is 11.7 Å². The van der Waals surface area contributed by atoms with Crippen LogP contribution < -0.4 is 5.32 Å². The van der Waals surface area contributed by atoms with E-state index < -0.39 is 0 Å². The first-order valence-corrected chi connectivity index (χ1v) is 11.1. The molecule has 0 saturated heterocycles. The van der Waals surface area contributed by atoms with E-state index in [1.165, 1.54) is 11.3 Å². The van der Waals surface area contributed by atoms with Gasteiger partial charge in [-0.2, -0.15) is 5.10 Å². The van der Waals surface area contributed by atoms with E-state index in [0.29, 0.717) is 30.3 Å². The molecule has 2 amide bonds. The first-order chi connectivity index (χ1) is 14.6. The van der Waals surface area contributed by atoms with Crippen LogP contribution in [0.2, 0.25) is 0 Å². The maximum absolute atomic E-state index is 13.2. The number of amides is 2. The number of fused-ring (bicyclic) bond motifs is 1. The van der Waals surface area contributed by atoms with Gasteiger partial charge in [-0.25, -0.2) is 4.98 Å². The van der Waals surface area contributed by atoms with Crippen molar-refractivity contribution >= 4 is 28.3 Å². The lowest BCUT2D eigenvalue weighted by atomic mass is 9.85. The minimum atomic E-state index is -0.0358. The van der Waals surface area contributed by atoms with Gasteiger partial charge in [0.05, 0.1) is 17.9 Å². The molecule has 1 N–H and O–H groups in total. The molecule has 3 heterocycles. The summed E-state index contributed by atoms with van der Waals surface area (Å²) in [5.74, 6) is 0.169.